The van der Waals surface area contributed by atoms with Gasteiger partial charge in [-0.3, -0.25) is 4.79 Å². The molecule has 1 heterocycles. The first kappa shape index (κ1) is 9.31. The molecule has 0 radical (unpaired) electrons. The van der Waals surface area contributed by atoms with Crippen molar-refractivity contribution < 1.29 is 14.6 Å². The number of methoxy groups -OCH3 is 1. The molecule has 12 heavy (non-hydrogen) atoms. The van der Waals surface area contributed by atoms with Crippen LogP contribution in [0.4, 0.5) is 0 Å². The monoisotopic (exact) mass is 187 g/mol. The molecule has 66 valence electrons. The van der Waals surface area contributed by atoms with Gasteiger partial charge in [0.25, 0.3) is 0 Å². The van der Waals surface area contributed by atoms with Crippen molar-refractivity contribution >= 4 is 17.1 Å². The van der Waals surface area contributed by atoms with E-state index in [-0.39, 0.29) is 19.0 Å². The van der Waals surface area contributed by atoms with Crippen LogP contribution < -0.4 is 0 Å². The minimum Gasteiger partial charge on any atom is -0.391 e. The Kier molecular flexibility index (Phi) is 3.33. The molecule has 0 aliphatic carbocycles. The number of nitrogens with zero attached hydrogens (tertiary/aromatic N) is 1. The van der Waals surface area contributed by atoms with Crippen LogP contribution in [0.15, 0.2) is 6.20 Å². The van der Waals surface area contributed by atoms with Crippen LogP contribution in [0.2, 0.25) is 0 Å². The number of aliphatic hydroxyl groups is 1. The number of Topliss-reactive ketones (excluding diaryl/α,β-unsaturated/α-hetero) is 1. The van der Waals surface area contributed by atoms with Crippen molar-refractivity contribution in [3.63, 3.8) is 0 Å². The van der Waals surface area contributed by atoms with Gasteiger partial charge in [0.15, 0.2) is 5.01 Å². The number of rotatable bonds is 4. The number of ketones is 1. The van der Waals surface area contributed by atoms with Crippen LogP contribution in [-0.4, -0.2) is 29.6 Å². The van der Waals surface area contributed by atoms with Crippen molar-refractivity contribution in [3.05, 3.63) is 16.1 Å². The molecule has 0 fully saturated rings. The SMILES string of the molecule is COCC(=O)c1ncc(CO)s1. The van der Waals surface area contributed by atoms with E-state index in [0.29, 0.717) is 9.88 Å². The molecule has 5 heteroatoms. The zero-order chi connectivity index (χ0) is 8.97. The Balaban J connectivity index is 2.68. The smallest absolute Gasteiger partial charge is 0.216 e. The van der Waals surface area contributed by atoms with E-state index in [1.54, 1.807) is 0 Å². The first-order valence-corrected chi connectivity index (χ1v) is 4.17. The second kappa shape index (κ2) is 4.30. The summed E-state index contributed by atoms with van der Waals surface area (Å²) >= 11 is 1.19. The number of aromatic nitrogens is 1. The van der Waals surface area contributed by atoms with Gasteiger partial charge in [-0.15, -0.1) is 11.3 Å². The average Bonchev–Trinajstić information content (AvgIpc) is 2.52. The van der Waals surface area contributed by atoms with Crippen molar-refractivity contribution in [1.82, 2.24) is 4.98 Å². The Morgan fingerprint density at radius 3 is 3.08 bits per heavy atom. The van der Waals surface area contributed by atoms with Gasteiger partial charge in [-0.1, -0.05) is 0 Å². The minimum atomic E-state index is -0.151. The average molecular weight is 187 g/mol. The fraction of sp³-hybridized carbons (Fsp3) is 0.429. The van der Waals surface area contributed by atoms with E-state index in [9.17, 15) is 4.79 Å². The fourth-order valence-corrected chi connectivity index (χ4v) is 1.40. The van der Waals surface area contributed by atoms with Gasteiger partial charge in [-0.05, 0) is 0 Å². The highest BCUT2D eigenvalue weighted by Gasteiger charge is 2.09. The highest BCUT2D eigenvalue weighted by molar-refractivity contribution is 7.13. The van der Waals surface area contributed by atoms with E-state index in [1.165, 1.54) is 24.6 Å². The minimum absolute atomic E-state index is 0.0401. The second-order valence-corrected chi connectivity index (χ2v) is 3.26. The molecule has 0 aromatic carbocycles. The molecule has 4 nitrogen and oxygen atoms in total. The summed E-state index contributed by atoms with van der Waals surface area (Å²) in [5, 5.41) is 9.08. The molecule has 0 aliphatic rings. The van der Waals surface area contributed by atoms with Crippen LogP contribution in [0.1, 0.15) is 14.7 Å². The first-order valence-electron chi connectivity index (χ1n) is 3.35. The summed E-state index contributed by atoms with van der Waals surface area (Å²) in [5.41, 5.74) is 0. The third-order valence-corrected chi connectivity index (χ3v) is 2.25. The van der Waals surface area contributed by atoms with Crippen LogP contribution >= 0.6 is 11.3 Å². The van der Waals surface area contributed by atoms with E-state index in [2.05, 4.69) is 9.72 Å². The summed E-state index contributed by atoms with van der Waals surface area (Å²) in [6, 6.07) is 0. The van der Waals surface area contributed by atoms with Gasteiger partial charge >= 0.3 is 0 Å². The third-order valence-electron chi connectivity index (χ3n) is 1.22. The molecule has 0 aliphatic heterocycles. The Bertz CT molecular complexity index is 271. The van der Waals surface area contributed by atoms with E-state index in [1.807, 2.05) is 0 Å². The van der Waals surface area contributed by atoms with Crippen molar-refractivity contribution in [1.29, 1.82) is 0 Å². The van der Waals surface area contributed by atoms with Crippen LogP contribution in [0.3, 0.4) is 0 Å². The Morgan fingerprint density at radius 2 is 2.58 bits per heavy atom. The lowest BCUT2D eigenvalue weighted by molar-refractivity contribution is 0.0847. The molecule has 0 saturated carbocycles. The fourth-order valence-electron chi connectivity index (χ4n) is 0.702. The van der Waals surface area contributed by atoms with Crippen LogP contribution in [-0.2, 0) is 11.3 Å². The molecule has 0 bridgehead atoms. The molecule has 0 atom stereocenters. The normalized spacial score (nSPS) is 10.2. The van der Waals surface area contributed by atoms with Gasteiger partial charge < -0.3 is 9.84 Å². The van der Waals surface area contributed by atoms with Crippen LogP contribution in [0.25, 0.3) is 0 Å². The predicted octanol–water partition coefficient (Wildman–Crippen LogP) is 0.465. The number of hydrogen-bond acceptors (Lipinski definition) is 5. The van der Waals surface area contributed by atoms with Crippen LogP contribution in [0, 0.1) is 0 Å². The second-order valence-electron chi connectivity index (χ2n) is 2.15. The molecule has 0 amide bonds. The maximum absolute atomic E-state index is 11.1. The van der Waals surface area contributed by atoms with E-state index in [4.69, 9.17) is 5.11 Å². The number of aliphatic hydroxyl groups excluding tert-OH is 1. The highest BCUT2D eigenvalue weighted by Crippen LogP contribution is 2.12. The topological polar surface area (TPSA) is 59.4 Å². The molecule has 0 spiro atoms. The van der Waals surface area contributed by atoms with Gasteiger partial charge in [-0.25, -0.2) is 4.98 Å². The van der Waals surface area contributed by atoms with Crippen LogP contribution in [0.5, 0.6) is 0 Å². The molecule has 1 N–H and O–H groups in total. The maximum Gasteiger partial charge on any atom is 0.216 e. The summed E-state index contributed by atoms with van der Waals surface area (Å²) in [7, 11) is 1.46. The maximum atomic E-state index is 11.1. The molecular weight excluding hydrogens is 178 g/mol. The lowest BCUT2D eigenvalue weighted by Crippen LogP contribution is -2.05. The molecule has 0 saturated heterocycles. The molecule has 1 aromatic heterocycles. The van der Waals surface area contributed by atoms with Gasteiger partial charge in [0.1, 0.15) is 6.61 Å². The van der Waals surface area contributed by atoms with E-state index in [0.717, 1.165) is 0 Å². The predicted molar refractivity (Wildman–Crippen MR) is 44.2 cm³/mol. The molecular formula is C7H9NO3S. The zero-order valence-corrected chi connectivity index (χ0v) is 7.43. The number of carbonyl (C=O) groups excluding carboxylic acids is 1. The Morgan fingerprint density at radius 1 is 1.83 bits per heavy atom. The number of ether oxygens (including phenoxy) is 1. The molecule has 1 aromatic rings. The van der Waals surface area contributed by atoms with Crippen molar-refractivity contribution in [2.75, 3.05) is 13.7 Å². The van der Waals surface area contributed by atoms with Crippen molar-refractivity contribution in [2.45, 2.75) is 6.61 Å². The van der Waals surface area contributed by atoms with Crippen molar-refractivity contribution in [3.8, 4) is 0 Å². The van der Waals surface area contributed by atoms with Crippen molar-refractivity contribution in [2.24, 2.45) is 0 Å². The number of thiazole rings is 1. The van der Waals surface area contributed by atoms with E-state index < -0.39 is 0 Å². The summed E-state index contributed by atoms with van der Waals surface area (Å²) in [6.45, 7) is -0.0314. The van der Waals surface area contributed by atoms with E-state index >= 15 is 0 Å². The zero-order valence-electron chi connectivity index (χ0n) is 6.61. The summed E-state index contributed by atoms with van der Waals surface area (Å²) in [4.78, 5) is 15.6. The molecule has 0 unspecified atom stereocenters. The standard InChI is InChI=1S/C7H9NO3S/c1-11-4-6(10)7-8-2-5(3-9)12-7/h2,9H,3-4H2,1H3. The summed E-state index contributed by atoms with van der Waals surface area (Å²) < 4.78 is 4.66. The number of hydrogen-bond donors (Lipinski definition) is 1. The van der Waals surface area contributed by atoms with Gasteiger partial charge in [0.05, 0.1) is 11.5 Å². The van der Waals surface area contributed by atoms with Gasteiger partial charge in [0.2, 0.25) is 5.78 Å². The lowest BCUT2D eigenvalue weighted by atomic mass is 10.4. The van der Waals surface area contributed by atoms with Gasteiger partial charge in [0, 0.05) is 13.3 Å². The lowest BCUT2D eigenvalue weighted by Gasteiger charge is -1.91. The third kappa shape index (κ3) is 2.10. The highest BCUT2D eigenvalue weighted by atomic mass is 32.1. The van der Waals surface area contributed by atoms with Gasteiger partial charge in [-0.2, -0.15) is 0 Å². The quantitative estimate of drug-likeness (QED) is 0.696. The molecule has 1 rings (SSSR count). The first-order chi connectivity index (χ1) is 5.77. The number of carbonyl (C=O) groups is 1. The largest absolute Gasteiger partial charge is 0.391 e. The summed E-state index contributed by atoms with van der Waals surface area (Å²) in [6.07, 6.45) is 1.49. The Hall–Kier alpha value is -0.780. The Labute approximate surface area is 73.8 Å². The summed E-state index contributed by atoms with van der Waals surface area (Å²) in [5.74, 6) is -0.151.